The average Bonchev–Trinajstić information content (AvgIpc) is 3.32. The Kier molecular flexibility index (Phi) is 9.04. The Morgan fingerprint density at radius 3 is 2.69 bits per heavy atom. The fourth-order valence-electron chi connectivity index (χ4n) is 4.19. The molecule has 3 heterocycles. The van der Waals surface area contributed by atoms with Gasteiger partial charge >= 0.3 is 0 Å². The highest BCUT2D eigenvalue weighted by Gasteiger charge is 2.27. The van der Waals surface area contributed by atoms with Crippen molar-refractivity contribution < 1.29 is 18.7 Å². The van der Waals surface area contributed by atoms with Gasteiger partial charge in [-0.2, -0.15) is 0 Å². The maximum atomic E-state index is 15.0. The molecule has 0 bridgehead atoms. The standard InChI is InChI=1S/C30H38FN5O3/c1-30(2,3)39-18-14-32-29(37)22-8-11-26(31)27(19-22)35-16-13-25-10-7-24(21-36(25)35)23-9-12-28(33-20-23)38-17-6-15-34(4)5/h7-13,19-21H,6,14-18H2,1-5H3,(H,32,37). The van der Waals surface area contributed by atoms with E-state index in [1.165, 1.54) is 12.1 Å². The number of fused-ring (bicyclic) bond motifs is 1. The van der Waals surface area contributed by atoms with E-state index >= 15 is 4.39 Å². The molecule has 0 aliphatic carbocycles. The molecule has 1 aromatic heterocycles. The monoisotopic (exact) mass is 535 g/mol. The van der Waals surface area contributed by atoms with Gasteiger partial charge in [0.15, 0.2) is 0 Å². The highest BCUT2D eigenvalue weighted by Crippen LogP contribution is 2.34. The molecule has 0 atom stereocenters. The lowest BCUT2D eigenvalue weighted by Crippen LogP contribution is -2.35. The second-order valence-electron chi connectivity index (χ2n) is 10.7. The van der Waals surface area contributed by atoms with Crippen molar-refractivity contribution in [3.63, 3.8) is 0 Å². The van der Waals surface area contributed by atoms with E-state index in [1.54, 1.807) is 12.3 Å². The number of hydrogen-bond acceptors (Lipinski definition) is 7. The van der Waals surface area contributed by atoms with Crippen LogP contribution in [-0.2, 0) is 4.74 Å². The van der Waals surface area contributed by atoms with Crippen LogP contribution >= 0.6 is 0 Å². The summed E-state index contributed by atoms with van der Waals surface area (Å²) in [6.07, 6.45) is 10.7. The topological polar surface area (TPSA) is 70.2 Å². The largest absolute Gasteiger partial charge is 0.478 e. The first kappa shape index (κ1) is 28.3. The maximum Gasteiger partial charge on any atom is 0.251 e. The summed E-state index contributed by atoms with van der Waals surface area (Å²) in [4.78, 5) is 19.3. The third-order valence-corrected chi connectivity index (χ3v) is 6.17. The Hall–Kier alpha value is -3.69. The van der Waals surface area contributed by atoms with Crippen molar-refractivity contribution in [1.82, 2.24) is 20.2 Å². The molecule has 0 spiro atoms. The van der Waals surface area contributed by atoms with Crippen LogP contribution in [0.4, 0.5) is 10.1 Å². The molecule has 4 rings (SSSR count). The molecule has 1 N–H and O–H groups in total. The fraction of sp³-hybridized carbons (Fsp3) is 0.400. The lowest BCUT2D eigenvalue weighted by atomic mass is 10.1. The van der Waals surface area contributed by atoms with Crippen molar-refractivity contribution in [2.75, 3.05) is 52.0 Å². The van der Waals surface area contributed by atoms with Crippen LogP contribution in [0.2, 0.25) is 0 Å². The predicted octanol–water partition coefficient (Wildman–Crippen LogP) is 4.63. The van der Waals surface area contributed by atoms with Crippen molar-refractivity contribution in [3.05, 3.63) is 83.6 Å². The third-order valence-electron chi connectivity index (χ3n) is 6.17. The van der Waals surface area contributed by atoms with Gasteiger partial charge in [0.1, 0.15) is 5.82 Å². The highest BCUT2D eigenvalue weighted by atomic mass is 19.1. The molecule has 8 nitrogen and oxygen atoms in total. The quantitative estimate of drug-likeness (QED) is 0.421. The van der Waals surface area contributed by atoms with Gasteiger partial charge in [0.25, 0.3) is 5.91 Å². The molecule has 39 heavy (non-hydrogen) atoms. The summed E-state index contributed by atoms with van der Waals surface area (Å²) in [7, 11) is 4.07. The molecule has 1 amide bonds. The first-order valence-corrected chi connectivity index (χ1v) is 13.2. The predicted molar refractivity (Wildman–Crippen MR) is 152 cm³/mol. The lowest BCUT2D eigenvalue weighted by molar-refractivity contribution is -0.000654. The van der Waals surface area contributed by atoms with Gasteiger partial charge in [-0.05, 0) is 77.7 Å². The van der Waals surface area contributed by atoms with Crippen LogP contribution in [0.5, 0.6) is 5.88 Å². The molecule has 2 aliphatic heterocycles. The van der Waals surface area contributed by atoms with Crippen LogP contribution in [0.3, 0.4) is 0 Å². The summed E-state index contributed by atoms with van der Waals surface area (Å²) >= 11 is 0. The summed E-state index contributed by atoms with van der Waals surface area (Å²) in [5.41, 5.74) is 3.22. The Morgan fingerprint density at radius 2 is 1.97 bits per heavy atom. The summed E-state index contributed by atoms with van der Waals surface area (Å²) < 4.78 is 26.4. The molecular weight excluding hydrogens is 497 g/mol. The maximum absolute atomic E-state index is 15.0. The van der Waals surface area contributed by atoms with Crippen molar-refractivity contribution in [2.45, 2.75) is 32.8 Å². The summed E-state index contributed by atoms with van der Waals surface area (Å²) in [5.74, 6) is -0.0892. The zero-order valence-corrected chi connectivity index (χ0v) is 23.4. The average molecular weight is 536 g/mol. The van der Waals surface area contributed by atoms with Crippen LogP contribution < -0.4 is 15.1 Å². The number of hydrogen-bond donors (Lipinski definition) is 1. The van der Waals surface area contributed by atoms with E-state index < -0.39 is 5.82 Å². The van der Waals surface area contributed by atoms with Crippen molar-refractivity contribution in [2.24, 2.45) is 0 Å². The van der Waals surface area contributed by atoms with E-state index in [-0.39, 0.29) is 11.5 Å². The number of nitrogens with one attached hydrogen (secondary N) is 1. The fourth-order valence-corrected chi connectivity index (χ4v) is 4.19. The van der Waals surface area contributed by atoms with Gasteiger partial charge in [-0.3, -0.25) is 14.8 Å². The molecule has 0 saturated heterocycles. The summed E-state index contributed by atoms with van der Waals surface area (Å²) in [6.45, 7) is 8.69. The first-order valence-electron chi connectivity index (χ1n) is 13.2. The van der Waals surface area contributed by atoms with Crippen LogP contribution in [-0.4, -0.2) is 73.3 Å². The Bertz CT molecular complexity index is 1250. The van der Waals surface area contributed by atoms with E-state index in [4.69, 9.17) is 9.47 Å². The number of nitrogens with zero attached hydrogens (tertiary/aromatic N) is 4. The van der Waals surface area contributed by atoms with Crippen molar-refractivity contribution >= 4 is 17.2 Å². The molecular formula is C30H38FN5O3. The molecule has 2 aliphatic rings. The van der Waals surface area contributed by atoms with E-state index in [0.29, 0.717) is 43.4 Å². The van der Waals surface area contributed by atoms with Crippen LogP contribution in [0, 0.1) is 5.82 Å². The number of pyridine rings is 1. The van der Waals surface area contributed by atoms with Gasteiger partial charge in [-0.1, -0.05) is 6.08 Å². The molecule has 208 valence electrons. The number of anilines is 1. The van der Waals surface area contributed by atoms with Gasteiger partial charge in [-0.15, -0.1) is 0 Å². The van der Waals surface area contributed by atoms with E-state index in [2.05, 4.69) is 15.2 Å². The lowest BCUT2D eigenvalue weighted by Gasteiger charge is -2.33. The molecule has 0 fully saturated rings. The summed E-state index contributed by atoms with van der Waals surface area (Å²) in [6, 6.07) is 8.24. The number of carbonyl (C=O) groups excluding carboxylic acids is 1. The first-order chi connectivity index (χ1) is 18.6. The van der Waals surface area contributed by atoms with Gasteiger partial charge < -0.3 is 19.7 Å². The number of rotatable bonds is 11. The number of hydrazine groups is 1. The third kappa shape index (κ3) is 7.68. The normalized spacial score (nSPS) is 14.8. The second kappa shape index (κ2) is 12.4. The second-order valence-corrected chi connectivity index (χ2v) is 10.7. The molecule has 9 heteroatoms. The molecule has 0 radical (unpaired) electrons. The summed E-state index contributed by atoms with van der Waals surface area (Å²) in [5, 5.41) is 6.55. The number of carbonyl (C=O) groups is 1. The minimum Gasteiger partial charge on any atom is -0.478 e. The number of amides is 1. The Labute approximate surface area is 230 Å². The molecule has 1 aromatic carbocycles. The van der Waals surface area contributed by atoms with Gasteiger partial charge in [-0.25, -0.2) is 9.37 Å². The highest BCUT2D eigenvalue weighted by molar-refractivity contribution is 5.95. The minimum absolute atomic E-state index is 0.272. The minimum atomic E-state index is -0.404. The van der Waals surface area contributed by atoms with E-state index in [9.17, 15) is 4.79 Å². The Balaban J connectivity index is 1.43. The molecule has 0 saturated carbocycles. The van der Waals surface area contributed by atoms with E-state index in [0.717, 1.165) is 29.8 Å². The van der Waals surface area contributed by atoms with E-state index in [1.807, 2.05) is 81.4 Å². The van der Waals surface area contributed by atoms with Gasteiger partial charge in [0.05, 0.1) is 36.7 Å². The molecule has 0 unspecified atom stereocenters. The SMILES string of the molecule is CN(C)CCCOc1ccc(C2=CN3C(=CCN3c3cc(C(=O)NCCOC(C)(C)C)ccc3F)C=C2)cn1. The number of aromatic nitrogens is 1. The zero-order valence-electron chi connectivity index (χ0n) is 23.4. The van der Waals surface area contributed by atoms with Crippen LogP contribution in [0.25, 0.3) is 5.57 Å². The van der Waals surface area contributed by atoms with Crippen LogP contribution in [0.1, 0.15) is 43.1 Å². The Morgan fingerprint density at radius 1 is 1.15 bits per heavy atom. The number of allylic oxidation sites excluding steroid dienone is 3. The van der Waals surface area contributed by atoms with Gasteiger partial charge in [0, 0.05) is 48.3 Å². The number of halogens is 1. The smallest absolute Gasteiger partial charge is 0.251 e. The van der Waals surface area contributed by atoms with Crippen LogP contribution in [0.15, 0.2) is 66.7 Å². The van der Waals surface area contributed by atoms with Crippen molar-refractivity contribution in [3.8, 4) is 5.88 Å². The number of ether oxygens (including phenoxy) is 2. The van der Waals surface area contributed by atoms with Crippen molar-refractivity contribution in [1.29, 1.82) is 0 Å². The molecule has 2 aromatic rings. The zero-order chi connectivity index (χ0) is 28.0. The van der Waals surface area contributed by atoms with Gasteiger partial charge in [0.2, 0.25) is 5.88 Å². The number of benzene rings is 1.